The summed E-state index contributed by atoms with van der Waals surface area (Å²) < 4.78 is 5.80. The van der Waals surface area contributed by atoms with Gasteiger partial charge in [-0.2, -0.15) is 10.4 Å². The fraction of sp³-hybridized carbons (Fsp3) is 0.160. The summed E-state index contributed by atoms with van der Waals surface area (Å²) in [5, 5.41) is 12.9. The average molecular weight is 397 g/mol. The highest BCUT2D eigenvalue weighted by atomic mass is 16.5. The van der Waals surface area contributed by atoms with Gasteiger partial charge in [-0.3, -0.25) is 4.79 Å². The number of hydrazone groups is 1. The predicted molar refractivity (Wildman–Crippen MR) is 117 cm³/mol. The number of aryl methyl sites for hydroxylation is 2. The second-order valence-electron chi connectivity index (χ2n) is 7.07. The van der Waals surface area contributed by atoms with E-state index in [0.29, 0.717) is 17.9 Å². The number of nitrogens with one attached hydrogen (secondary N) is 1. The summed E-state index contributed by atoms with van der Waals surface area (Å²) in [6.07, 6.45) is 1.88. The SMILES string of the molecule is Cc1ccc(CC(=O)N/N=C\c2cccc(OCc3ccc(C#N)cc3)c2)c(C)c1. The molecule has 1 N–H and O–H groups in total. The van der Waals surface area contributed by atoms with Crippen LogP contribution in [0.15, 0.2) is 71.8 Å². The lowest BCUT2D eigenvalue weighted by atomic mass is 10.0. The Morgan fingerprint density at radius 2 is 1.90 bits per heavy atom. The van der Waals surface area contributed by atoms with Gasteiger partial charge in [0.1, 0.15) is 12.4 Å². The van der Waals surface area contributed by atoms with E-state index in [1.165, 1.54) is 5.56 Å². The third-order valence-electron chi connectivity index (χ3n) is 4.60. The second-order valence-corrected chi connectivity index (χ2v) is 7.07. The topological polar surface area (TPSA) is 74.5 Å². The Bertz CT molecular complexity index is 1100. The van der Waals surface area contributed by atoms with Crippen molar-refractivity contribution < 1.29 is 9.53 Å². The van der Waals surface area contributed by atoms with Crippen LogP contribution in [0.25, 0.3) is 0 Å². The lowest BCUT2D eigenvalue weighted by molar-refractivity contribution is -0.120. The molecule has 3 aromatic rings. The lowest BCUT2D eigenvalue weighted by Crippen LogP contribution is -2.20. The van der Waals surface area contributed by atoms with Crippen LogP contribution >= 0.6 is 0 Å². The molecule has 0 atom stereocenters. The van der Waals surface area contributed by atoms with Crippen LogP contribution in [0.1, 0.15) is 33.4 Å². The van der Waals surface area contributed by atoms with E-state index in [4.69, 9.17) is 10.00 Å². The zero-order valence-electron chi connectivity index (χ0n) is 17.1. The zero-order valence-corrected chi connectivity index (χ0v) is 17.1. The number of carbonyl (C=O) groups is 1. The first-order valence-corrected chi connectivity index (χ1v) is 9.63. The number of amides is 1. The van der Waals surface area contributed by atoms with Crippen molar-refractivity contribution in [3.63, 3.8) is 0 Å². The van der Waals surface area contributed by atoms with Crippen LogP contribution in [0.4, 0.5) is 0 Å². The van der Waals surface area contributed by atoms with Gasteiger partial charge in [-0.15, -0.1) is 0 Å². The van der Waals surface area contributed by atoms with Gasteiger partial charge < -0.3 is 4.74 Å². The van der Waals surface area contributed by atoms with Crippen molar-refractivity contribution in [1.82, 2.24) is 5.43 Å². The Balaban J connectivity index is 1.53. The van der Waals surface area contributed by atoms with Gasteiger partial charge in [0.05, 0.1) is 24.3 Å². The van der Waals surface area contributed by atoms with Gasteiger partial charge in [0.15, 0.2) is 0 Å². The summed E-state index contributed by atoms with van der Waals surface area (Å²) in [6, 6.07) is 22.9. The van der Waals surface area contributed by atoms with Gasteiger partial charge in [-0.1, -0.05) is 48.0 Å². The molecule has 0 aliphatic heterocycles. The van der Waals surface area contributed by atoms with E-state index in [1.807, 2.05) is 62.4 Å². The molecule has 5 nitrogen and oxygen atoms in total. The van der Waals surface area contributed by atoms with Gasteiger partial charge in [0, 0.05) is 0 Å². The van der Waals surface area contributed by atoms with E-state index in [1.54, 1.807) is 18.3 Å². The Labute approximate surface area is 176 Å². The fourth-order valence-electron chi connectivity index (χ4n) is 2.96. The van der Waals surface area contributed by atoms with Gasteiger partial charge in [0.25, 0.3) is 0 Å². The number of ether oxygens (including phenoxy) is 1. The summed E-state index contributed by atoms with van der Waals surface area (Å²) in [6.45, 7) is 4.44. The first kappa shape index (κ1) is 20.8. The van der Waals surface area contributed by atoms with Gasteiger partial charge in [-0.25, -0.2) is 5.43 Å². The molecule has 0 radical (unpaired) electrons. The minimum absolute atomic E-state index is 0.161. The van der Waals surface area contributed by atoms with Gasteiger partial charge >= 0.3 is 0 Å². The van der Waals surface area contributed by atoms with Crippen molar-refractivity contribution in [3.05, 3.63) is 100 Å². The summed E-state index contributed by atoms with van der Waals surface area (Å²) in [7, 11) is 0. The summed E-state index contributed by atoms with van der Waals surface area (Å²) in [4.78, 5) is 12.1. The first-order chi connectivity index (χ1) is 14.5. The molecule has 0 fully saturated rings. The molecule has 3 rings (SSSR count). The molecular formula is C25H23N3O2. The monoisotopic (exact) mass is 397 g/mol. The fourth-order valence-corrected chi connectivity index (χ4v) is 2.96. The van der Waals surface area contributed by atoms with Crippen LogP contribution in [-0.4, -0.2) is 12.1 Å². The van der Waals surface area contributed by atoms with E-state index in [2.05, 4.69) is 22.7 Å². The van der Waals surface area contributed by atoms with Crippen LogP contribution in [0.2, 0.25) is 0 Å². The quantitative estimate of drug-likeness (QED) is 0.473. The third kappa shape index (κ3) is 6.05. The zero-order chi connectivity index (χ0) is 21.3. The highest BCUT2D eigenvalue weighted by molar-refractivity contribution is 5.83. The molecule has 0 bridgehead atoms. The Morgan fingerprint density at radius 1 is 1.10 bits per heavy atom. The number of nitrogens with zero attached hydrogens (tertiary/aromatic N) is 2. The molecule has 0 saturated carbocycles. The molecule has 0 aliphatic carbocycles. The second kappa shape index (κ2) is 10.0. The number of carbonyl (C=O) groups excluding carboxylic acids is 1. The number of benzene rings is 3. The highest BCUT2D eigenvalue weighted by Crippen LogP contribution is 2.15. The molecule has 0 saturated heterocycles. The van der Waals surface area contributed by atoms with Gasteiger partial charge in [-0.05, 0) is 60.4 Å². The maximum atomic E-state index is 12.1. The number of rotatable bonds is 7. The molecule has 3 aromatic carbocycles. The minimum Gasteiger partial charge on any atom is -0.489 e. The molecule has 5 heteroatoms. The Hall–Kier alpha value is -3.91. The van der Waals surface area contributed by atoms with Crippen LogP contribution in [0, 0.1) is 25.2 Å². The Kier molecular flexibility index (Phi) is 6.96. The van der Waals surface area contributed by atoms with Crippen LogP contribution in [-0.2, 0) is 17.8 Å². The van der Waals surface area contributed by atoms with Crippen molar-refractivity contribution in [2.24, 2.45) is 5.10 Å². The van der Waals surface area contributed by atoms with Crippen LogP contribution in [0.3, 0.4) is 0 Å². The molecule has 0 unspecified atom stereocenters. The number of hydrogen-bond donors (Lipinski definition) is 1. The first-order valence-electron chi connectivity index (χ1n) is 9.63. The van der Waals surface area contributed by atoms with E-state index in [-0.39, 0.29) is 12.3 Å². The Morgan fingerprint density at radius 3 is 2.63 bits per heavy atom. The summed E-state index contributed by atoms with van der Waals surface area (Å²) in [5.41, 5.74) is 8.26. The maximum Gasteiger partial charge on any atom is 0.244 e. The number of hydrogen-bond acceptors (Lipinski definition) is 4. The van der Waals surface area contributed by atoms with Crippen molar-refractivity contribution in [3.8, 4) is 11.8 Å². The smallest absolute Gasteiger partial charge is 0.244 e. The van der Waals surface area contributed by atoms with E-state index in [9.17, 15) is 4.79 Å². The molecule has 1 amide bonds. The van der Waals surface area contributed by atoms with Crippen molar-refractivity contribution >= 4 is 12.1 Å². The normalized spacial score (nSPS) is 10.6. The van der Waals surface area contributed by atoms with Crippen molar-refractivity contribution in [2.75, 3.05) is 0 Å². The van der Waals surface area contributed by atoms with E-state index < -0.39 is 0 Å². The number of nitriles is 1. The van der Waals surface area contributed by atoms with Crippen LogP contribution in [0.5, 0.6) is 5.75 Å². The predicted octanol–water partition coefficient (Wildman–Crippen LogP) is 4.45. The molecule has 30 heavy (non-hydrogen) atoms. The van der Waals surface area contributed by atoms with E-state index in [0.717, 1.165) is 22.3 Å². The minimum atomic E-state index is -0.161. The standard InChI is InChI=1S/C25H23N3O2/c1-18-6-11-23(19(2)12-18)14-25(29)28-27-16-22-4-3-5-24(13-22)30-17-21-9-7-20(15-26)8-10-21/h3-13,16H,14,17H2,1-2H3,(H,28,29)/b27-16-. The average Bonchev–Trinajstić information content (AvgIpc) is 2.75. The highest BCUT2D eigenvalue weighted by Gasteiger charge is 2.05. The van der Waals surface area contributed by atoms with Gasteiger partial charge in [0.2, 0.25) is 5.91 Å². The molecule has 0 heterocycles. The van der Waals surface area contributed by atoms with Crippen LogP contribution < -0.4 is 10.2 Å². The molecule has 0 spiro atoms. The van der Waals surface area contributed by atoms with E-state index >= 15 is 0 Å². The lowest BCUT2D eigenvalue weighted by Gasteiger charge is -2.07. The largest absolute Gasteiger partial charge is 0.489 e. The molecule has 0 aromatic heterocycles. The third-order valence-corrected chi connectivity index (χ3v) is 4.60. The summed E-state index contributed by atoms with van der Waals surface area (Å²) >= 11 is 0. The molecule has 150 valence electrons. The summed E-state index contributed by atoms with van der Waals surface area (Å²) in [5.74, 6) is 0.538. The molecular weight excluding hydrogens is 374 g/mol. The van der Waals surface area contributed by atoms with Crippen molar-refractivity contribution in [2.45, 2.75) is 26.9 Å². The van der Waals surface area contributed by atoms with Crippen molar-refractivity contribution in [1.29, 1.82) is 5.26 Å². The molecule has 0 aliphatic rings. The maximum absolute atomic E-state index is 12.1.